The molecule has 2 atom stereocenters. The van der Waals surface area contributed by atoms with E-state index in [2.05, 4.69) is 13.8 Å². The van der Waals surface area contributed by atoms with Gasteiger partial charge in [0.1, 0.15) is 0 Å². The van der Waals surface area contributed by atoms with Gasteiger partial charge in [-0.15, -0.1) is 0 Å². The van der Waals surface area contributed by atoms with Gasteiger partial charge in [0.2, 0.25) is 0 Å². The average molecular weight is 152 g/mol. The Kier molecular flexibility index (Phi) is 3.00. The van der Waals surface area contributed by atoms with E-state index in [1.807, 2.05) is 0 Å². The number of rotatable bonds is 1. The lowest BCUT2D eigenvalue weighted by Gasteiger charge is -2.37. The van der Waals surface area contributed by atoms with Crippen molar-refractivity contribution >= 4 is 7.85 Å². The summed E-state index contributed by atoms with van der Waals surface area (Å²) >= 11 is 0. The van der Waals surface area contributed by atoms with Crippen LogP contribution < -0.4 is 0 Å². The van der Waals surface area contributed by atoms with Crippen molar-refractivity contribution in [1.29, 1.82) is 0 Å². The van der Waals surface area contributed by atoms with Gasteiger partial charge in [0.15, 0.2) is 0 Å². The first-order valence-corrected chi connectivity index (χ1v) is 4.43. The monoisotopic (exact) mass is 152 g/mol. The Morgan fingerprint density at radius 1 is 1.18 bits per heavy atom. The molecular formula is C9H17BO. The third-order valence-electron chi connectivity index (χ3n) is 2.74. The molecule has 1 fully saturated rings. The number of ether oxygens (including phenoxy) is 1. The lowest BCUT2D eigenvalue weighted by atomic mass is 9.66. The van der Waals surface area contributed by atoms with Crippen LogP contribution in [0.1, 0.15) is 26.7 Å². The molecule has 62 valence electrons. The van der Waals surface area contributed by atoms with Gasteiger partial charge in [-0.25, -0.2) is 0 Å². The van der Waals surface area contributed by atoms with Gasteiger partial charge in [0.25, 0.3) is 0 Å². The fourth-order valence-corrected chi connectivity index (χ4v) is 2.35. The molecule has 11 heavy (non-hydrogen) atoms. The van der Waals surface area contributed by atoms with Gasteiger partial charge in [0.05, 0.1) is 14.0 Å². The molecule has 0 bridgehead atoms. The van der Waals surface area contributed by atoms with Gasteiger partial charge < -0.3 is 4.74 Å². The lowest BCUT2D eigenvalue weighted by molar-refractivity contribution is -0.00658. The van der Waals surface area contributed by atoms with Crippen molar-refractivity contribution in [2.45, 2.75) is 38.6 Å². The normalized spacial score (nSPS) is 45.7. The molecule has 2 unspecified atom stereocenters. The van der Waals surface area contributed by atoms with Crippen molar-refractivity contribution < 1.29 is 4.74 Å². The Hall–Kier alpha value is 0.0249. The highest BCUT2D eigenvalue weighted by atomic mass is 16.5. The van der Waals surface area contributed by atoms with Crippen LogP contribution in [0.4, 0.5) is 0 Å². The minimum absolute atomic E-state index is 0.395. The molecule has 0 aromatic rings. The van der Waals surface area contributed by atoms with E-state index in [9.17, 15) is 0 Å². The van der Waals surface area contributed by atoms with Gasteiger partial charge in [0, 0.05) is 7.11 Å². The smallest absolute Gasteiger partial charge is 0.0699 e. The zero-order valence-electron chi connectivity index (χ0n) is 7.71. The molecule has 1 aliphatic carbocycles. The van der Waals surface area contributed by atoms with Crippen LogP contribution in [0.2, 0.25) is 5.82 Å². The fourth-order valence-electron chi connectivity index (χ4n) is 2.35. The molecule has 0 spiro atoms. The minimum Gasteiger partial charge on any atom is -0.381 e. The first kappa shape index (κ1) is 9.12. The third kappa shape index (κ3) is 1.99. The van der Waals surface area contributed by atoms with Crippen molar-refractivity contribution in [3.8, 4) is 0 Å². The predicted octanol–water partition coefficient (Wildman–Crippen LogP) is 2.02. The first-order chi connectivity index (χ1) is 5.15. The van der Waals surface area contributed by atoms with E-state index in [0.717, 1.165) is 12.8 Å². The van der Waals surface area contributed by atoms with Crippen molar-refractivity contribution in [2.75, 3.05) is 7.11 Å². The quantitative estimate of drug-likeness (QED) is 0.522. The van der Waals surface area contributed by atoms with Gasteiger partial charge >= 0.3 is 0 Å². The second-order valence-corrected chi connectivity index (χ2v) is 3.89. The Labute approximate surface area is 70.9 Å². The maximum atomic E-state index is 5.88. The largest absolute Gasteiger partial charge is 0.381 e. The van der Waals surface area contributed by atoms with E-state index < -0.39 is 0 Å². The molecule has 0 N–H and O–H groups in total. The fraction of sp³-hybridized carbons (Fsp3) is 1.00. The van der Waals surface area contributed by atoms with Crippen molar-refractivity contribution in [2.24, 2.45) is 11.8 Å². The topological polar surface area (TPSA) is 9.23 Å². The second-order valence-electron chi connectivity index (χ2n) is 3.89. The summed E-state index contributed by atoms with van der Waals surface area (Å²) in [6, 6.07) is 0. The lowest BCUT2D eigenvalue weighted by Crippen LogP contribution is -2.34. The third-order valence-corrected chi connectivity index (χ3v) is 2.74. The van der Waals surface area contributed by atoms with Crippen LogP contribution in [0.15, 0.2) is 0 Å². The van der Waals surface area contributed by atoms with Crippen LogP contribution in [0.25, 0.3) is 0 Å². The van der Waals surface area contributed by atoms with E-state index >= 15 is 0 Å². The highest BCUT2D eigenvalue weighted by Crippen LogP contribution is 2.36. The molecule has 2 heteroatoms. The maximum Gasteiger partial charge on any atom is 0.0699 e. The standard InChI is InChI=1S/C9H17BO/c1-6-4-8(10)5-7(2)9(6)11-3/h6-9H,4-5H2,1-3H3. The van der Waals surface area contributed by atoms with E-state index in [0.29, 0.717) is 23.8 Å². The number of hydrogen-bond acceptors (Lipinski definition) is 1. The number of methoxy groups -OCH3 is 1. The zero-order valence-corrected chi connectivity index (χ0v) is 7.71. The molecule has 1 nitrogen and oxygen atoms in total. The predicted molar refractivity (Wildman–Crippen MR) is 47.9 cm³/mol. The van der Waals surface area contributed by atoms with Crippen LogP contribution in [-0.4, -0.2) is 21.1 Å². The van der Waals surface area contributed by atoms with Gasteiger partial charge in [-0.3, -0.25) is 0 Å². The summed E-state index contributed by atoms with van der Waals surface area (Å²) in [4.78, 5) is 0. The Bertz CT molecular complexity index is 115. The molecule has 0 aromatic heterocycles. The van der Waals surface area contributed by atoms with Crippen molar-refractivity contribution in [3.05, 3.63) is 0 Å². The van der Waals surface area contributed by atoms with E-state index in [4.69, 9.17) is 12.6 Å². The van der Waals surface area contributed by atoms with E-state index in [-0.39, 0.29) is 0 Å². The summed E-state index contributed by atoms with van der Waals surface area (Å²) in [7, 11) is 7.68. The highest BCUT2D eigenvalue weighted by molar-refractivity contribution is 6.11. The summed E-state index contributed by atoms with van der Waals surface area (Å²) in [6.07, 6.45) is 2.65. The Morgan fingerprint density at radius 3 is 2.00 bits per heavy atom. The minimum atomic E-state index is 0.395. The van der Waals surface area contributed by atoms with Crippen LogP contribution in [0.5, 0.6) is 0 Å². The maximum absolute atomic E-state index is 5.88. The van der Waals surface area contributed by atoms with Crippen LogP contribution in [0.3, 0.4) is 0 Å². The molecule has 1 rings (SSSR count). The van der Waals surface area contributed by atoms with Crippen LogP contribution in [-0.2, 0) is 4.74 Å². The molecule has 2 radical (unpaired) electrons. The molecule has 1 aliphatic rings. The molecule has 0 heterocycles. The molecular weight excluding hydrogens is 135 g/mol. The highest BCUT2D eigenvalue weighted by Gasteiger charge is 2.30. The second kappa shape index (κ2) is 3.62. The summed E-state index contributed by atoms with van der Waals surface area (Å²) < 4.78 is 5.41. The van der Waals surface area contributed by atoms with Gasteiger partial charge in [-0.1, -0.05) is 32.5 Å². The summed E-state index contributed by atoms with van der Waals surface area (Å²) in [5, 5.41) is 0. The van der Waals surface area contributed by atoms with Crippen LogP contribution in [0, 0.1) is 11.8 Å². The van der Waals surface area contributed by atoms with Gasteiger partial charge in [-0.05, 0) is 11.8 Å². The Morgan fingerprint density at radius 2 is 1.64 bits per heavy atom. The van der Waals surface area contributed by atoms with E-state index in [1.165, 1.54) is 0 Å². The van der Waals surface area contributed by atoms with E-state index in [1.54, 1.807) is 7.11 Å². The zero-order chi connectivity index (χ0) is 8.43. The summed E-state index contributed by atoms with van der Waals surface area (Å²) in [5.74, 6) is 1.64. The average Bonchev–Trinajstić information content (AvgIpc) is 1.85. The molecule has 0 saturated heterocycles. The SMILES string of the molecule is [B]C1CC(C)C(OC)C(C)C1. The first-order valence-electron chi connectivity index (χ1n) is 4.43. The Balaban J connectivity index is 2.52. The summed E-state index contributed by atoms with van der Waals surface area (Å²) in [5.41, 5.74) is 0. The molecule has 0 aromatic carbocycles. The van der Waals surface area contributed by atoms with Crippen LogP contribution >= 0.6 is 0 Å². The van der Waals surface area contributed by atoms with Crippen molar-refractivity contribution in [3.63, 3.8) is 0 Å². The van der Waals surface area contributed by atoms with Crippen molar-refractivity contribution in [1.82, 2.24) is 0 Å². The summed E-state index contributed by atoms with van der Waals surface area (Å²) in [6.45, 7) is 4.45. The molecule has 1 saturated carbocycles. The molecule has 0 aliphatic heterocycles. The molecule has 0 amide bonds. The van der Waals surface area contributed by atoms with Gasteiger partial charge in [-0.2, -0.15) is 0 Å². The number of hydrogen-bond donors (Lipinski definition) is 0.